The van der Waals surface area contributed by atoms with Gasteiger partial charge in [0, 0.05) is 34.7 Å². The molecule has 0 bridgehead atoms. The minimum Gasteiger partial charge on any atom is -0.478 e. The van der Waals surface area contributed by atoms with Crippen LogP contribution in [-0.2, 0) is 4.79 Å². The number of pyridine rings is 1. The zero-order valence-electron chi connectivity index (χ0n) is 19.9. The average molecular weight is 540 g/mol. The number of aromatic nitrogens is 1. The molecule has 0 saturated carbocycles. The molecule has 0 unspecified atom stereocenters. The van der Waals surface area contributed by atoms with E-state index in [1.54, 1.807) is 18.2 Å². The van der Waals surface area contributed by atoms with Gasteiger partial charge in [-0.15, -0.1) is 0 Å². The van der Waals surface area contributed by atoms with Crippen LogP contribution in [0, 0.1) is 0 Å². The number of carbonyl (C=O) groups is 1. The van der Waals surface area contributed by atoms with Crippen molar-refractivity contribution in [2.45, 2.75) is 62.3 Å². The quantitative estimate of drug-likeness (QED) is 0.162. The molecule has 1 aromatic carbocycles. The van der Waals surface area contributed by atoms with E-state index in [9.17, 15) is 22.8 Å². The molecular weight excluding hydrogens is 511 g/mol. The molecule has 5 nitrogen and oxygen atoms in total. The van der Waals surface area contributed by atoms with Crippen molar-refractivity contribution in [3.63, 3.8) is 0 Å². The number of carbonyl (C=O) groups excluding carboxylic acids is 1. The van der Waals surface area contributed by atoms with Gasteiger partial charge in [0.2, 0.25) is 5.88 Å². The second kappa shape index (κ2) is 13.7. The molecule has 0 amide bonds. The van der Waals surface area contributed by atoms with E-state index in [1.165, 1.54) is 36.2 Å². The first kappa shape index (κ1) is 28.1. The topological polar surface area (TPSA) is 69.4 Å². The zero-order valence-corrected chi connectivity index (χ0v) is 21.6. The first-order valence-electron chi connectivity index (χ1n) is 11.8. The molecular formula is C26H28F3NO4S2. The van der Waals surface area contributed by atoms with E-state index in [0.29, 0.717) is 35.4 Å². The summed E-state index contributed by atoms with van der Waals surface area (Å²) in [7, 11) is 0. The van der Waals surface area contributed by atoms with E-state index in [2.05, 4.69) is 4.98 Å². The van der Waals surface area contributed by atoms with Crippen molar-refractivity contribution in [3.8, 4) is 17.0 Å². The molecule has 2 aromatic heterocycles. The van der Waals surface area contributed by atoms with Gasteiger partial charge in [-0.05, 0) is 48.4 Å². The molecule has 3 rings (SSSR count). The molecule has 0 spiro atoms. The van der Waals surface area contributed by atoms with E-state index < -0.39 is 11.1 Å². The van der Waals surface area contributed by atoms with Gasteiger partial charge in [-0.2, -0.15) is 13.2 Å². The maximum Gasteiger partial charge on any atom is 0.446 e. The number of hydrogen-bond donors (Lipinski definition) is 0. The van der Waals surface area contributed by atoms with Crippen LogP contribution in [0.2, 0.25) is 0 Å². The lowest BCUT2D eigenvalue weighted by Crippen LogP contribution is -2.04. The third kappa shape index (κ3) is 9.20. The highest BCUT2D eigenvalue weighted by molar-refractivity contribution is 8.13. The lowest BCUT2D eigenvalue weighted by atomic mass is 10.1. The smallest absolute Gasteiger partial charge is 0.446 e. The highest BCUT2D eigenvalue weighted by Crippen LogP contribution is 2.38. The van der Waals surface area contributed by atoms with E-state index in [4.69, 9.17) is 9.15 Å². The summed E-state index contributed by atoms with van der Waals surface area (Å²) in [4.78, 5) is 28.0. The minimum atomic E-state index is -4.41. The summed E-state index contributed by atoms with van der Waals surface area (Å²) in [6.07, 6.45) is 8.40. The Bertz CT molecular complexity index is 1210. The normalized spacial score (nSPS) is 11.7. The Morgan fingerprint density at radius 3 is 2.56 bits per heavy atom. The van der Waals surface area contributed by atoms with E-state index in [0.717, 1.165) is 44.3 Å². The Morgan fingerprint density at radius 1 is 1.06 bits per heavy atom. The predicted octanol–water partition coefficient (Wildman–Crippen LogP) is 7.86. The van der Waals surface area contributed by atoms with Crippen LogP contribution in [0.1, 0.15) is 51.9 Å². The maximum atomic E-state index is 12.7. The monoisotopic (exact) mass is 539 g/mol. The molecule has 0 aliphatic carbocycles. The Morgan fingerprint density at radius 2 is 1.81 bits per heavy atom. The fraction of sp³-hybridized carbons (Fsp3) is 0.423. The maximum absolute atomic E-state index is 12.7. The van der Waals surface area contributed by atoms with Gasteiger partial charge in [0.1, 0.15) is 5.58 Å². The third-order valence-electron chi connectivity index (χ3n) is 5.31. The van der Waals surface area contributed by atoms with E-state index >= 15 is 0 Å². The van der Waals surface area contributed by atoms with Crippen molar-refractivity contribution >= 4 is 39.6 Å². The predicted molar refractivity (Wildman–Crippen MR) is 139 cm³/mol. The first-order valence-corrected chi connectivity index (χ1v) is 13.6. The van der Waals surface area contributed by atoms with Crippen LogP contribution in [0.3, 0.4) is 0 Å². The third-order valence-corrected chi connectivity index (χ3v) is 7.14. The number of hydrogen-bond acceptors (Lipinski definition) is 7. The number of rotatable bonds is 13. The molecule has 0 aliphatic heterocycles. The van der Waals surface area contributed by atoms with Gasteiger partial charge < -0.3 is 9.15 Å². The molecule has 0 radical (unpaired) electrons. The molecule has 0 aliphatic rings. The van der Waals surface area contributed by atoms with Gasteiger partial charge in [0.25, 0.3) is 0 Å². The van der Waals surface area contributed by atoms with Crippen LogP contribution in [0.4, 0.5) is 13.2 Å². The van der Waals surface area contributed by atoms with Crippen LogP contribution in [0.5, 0.6) is 5.88 Å². The summed E-state index contributed by atoms with van der Waals surface area (Å²) in [5, 5.41) is 0.799. The minimum absolute atomic E-state index is 0.0103. The lowest BCUT2D eigenvalue weighted by molar-refractivity contribution is -0.110. The largest absolute Gasteiger partial charge is 0.478 e. The summed E-state index contributed by atoms with van der Waals surface area (Å²) in [5.74, 6) is 1.24. The van der Waals surface area contributed by atoms with Crippen molar-refractivity contribution < 1.29 is 27.1 Å². The Hall–Kier alpha value is -2.46. The molecule has 0 atom stereocenters. The van der Waals surface area contributed by atoms with Crippen LogP contribution < -0.4 is 10.4 Å². The summed E-state index contributed by atoms with van der Waals surface area (Å²) in [6.45, 7) is 2.37. The van der Waals surface area contributed by atoms with Gasteiger partial charge in [0.15, 0.2) is 5.12 Å². The second-order valence-corrected chi connectivity index (χ2v) is 10.4. The van der Waals surface area contributed by atoms with Crippen LogP contribution in [0.15, 0.2) is 56.7 Å². The molecule has 36 heavy (non-hydrogen) atoms. The number of ether oxygens (including phenoxy) is 1. The average Bonchev–Trinajstić information content (AvgIpc) is 2.83. The highest BCUT2D eigenvalue weighted by Gasteiger charge is 2.29. The number of halogens is 3. The molecule has 10 heteroatoms. The second-order valence-electron chi connectivity index (χ2n) is 8.13. The van der Waals surface area contributed by atoms with Crippen LogP contribution >= 0.6 is 23.5 Å². The van der Waals surface area contributed by atoms with E-state index in [-0.39, 0.29) is 27.3 Å². The summed E-state index contributed by atoms with van der Waals surface area (Å²) in [5.41, 5.74) is -4.25. The van der Waals surface area contributed by atoms with Crippen molar-refractivity contribution in [3.05, 3.63) is 53.0 Å². The van der Waals surface area contributed by atoms with Gasteiger partial charge >= 0.3 is 11.1 Å². The molecule has 3 aromatic rings. The standard InChI is InChI=1S/C26H28F3NO4S2/c1-2-24(31)35-13-8-6-4-3-5-7-12-33-23-16-22-19(17-30-23)15-21(25(32)34-22)18-10-9-11-20(14-18)36-26(27,28)29/h9-11,14-17H,2-8,12-13H2,1H3. The molecule has 0 N–H and O–H groups in total. The molecule has 0 fully saturated rings. The van der Waals surface area contributed by atoms with Crippen molar-refractivity contribution in [2.24, 2.45) is 0 Å². The first-order chi connectivity index (χ1) is 17.2. The number of fused-ring (bicyclic) bond motifs is 1. The van der Waals surface area contributed by atoms with Gasteiger partial charge in [-0.1, -0.05) is 56.5 Å². The van der Waals surface area contributed by atoms with Crippen molar-refractivity contribution in [2.75, 3.05) is 12.4 Å². The number of nitrogens with zero attached hydrogens (tertiary/aromatic N) is 1. The number of benzene rings is 1. The Balaban J connectivity index is 1.49. The Labute approximate surface area is 216 Å². The van der Waals surface area contributed by atoms with Crippen LogP contribution in [-0.4, -0.2) is 28.0 Å². The Kier molecular flexibility index (Phi) is 10.7. The highest BCUT2D eigenvalue weighted by atomic mass is 32.2. The zero-order chi connectivity index (χ0) is 26.0. The van der Waals surface area contributed by atoms with E-state index in [1.807, 2.05) is 6.92 Å². The fourth-order valence-corrected chi connectivity index (χ4v) is 4.89. The molecule has 2 heterocycles. The molecule has 194 valence electrons. The molecule has 0 saturated heterocycles. The number of thioether (sulfide) groups is 2. The lowest BCUT2D eigenvalue weighted by Gasteiger charge is -2.08. The van der Waals surface area contributed by atoms with Gasteiger partial charge in [-0.25, -0.2) is 9.78 Å². The summed E-state index contributed by atoms with van der Waals surface area (Å²) < 4.78 is 49.2. The van der Waals surface area contributed by atoms with Crippen LogP contribution in [0.25, 0.3) is 22.1 Å². The van der Waals surface area contributed by atoms with Gasteiger partial charge in [0.05, 0.1) is 12.2 Å². The summed E-state index contributed by atoms with van der Waals surface area (Å²) in [6, 6.07) is 8.80. The van der Waals surface area contributed by atoms with Crippen molar-refractivity contribution in [1.82, 2.24) is 4.98 Å². The summed E-state index contributed by atoms with van der Waals surface area (Å²) >= 11 is 1.18. The SMILES string of the molecule is CCC(=O)SCCCCCCCCOc1cc2oc(=O)c(-c3cccc(SC(F)(F)F)c3)cc2cn1. The number of alkyl halides is 3. The van der Waals surface area contributed by atoms with Crippen molar-refractivity contribution in [1.29, 1.82) is 0 Å². The fourth-order valence-electron chi connectivity index (χ4n) is 3.51. The number of unbranched alkanes of at least 4 members (excludes halogenated alkanes) is 5. The van der Waals surface area contributed by atoms with Gasteiger partial charge in [-0.3, -0.25) is 4.79 Å².